The Labute approximate surface area is 208 Å². The van der Waals surface area contributed by atoms with Crippen LogP contribution >= 0.6 is 0 Å². The van der Waals surface area contributed by atoms with E-state index >= 15 is 0 Å². The second-order valence-electron chi connectivity index (χ2n) is 8.42. The first-order valence-corrected chi connectivity index (χ1v) is 12.3. The zero-order chi connectivity index (χ0) is 25.2. The quantitative estimate of drug-likeness (QED) is 0.252. The fourth-order valence-electron chi connectivity index (χ4n) is 3.33. The molecule has 0 saturated carbocycles. The van der Waals surface area contributed by atoms with Gasteiger partial charge in [-0.05, 0) is 69.2 Å². The molecule has 1 aliphatic rings. The van der Waals surface area contributed by atoms with Gasteiger partial charge < -0.3 is 5.32 Å². The summed E-state index contributed by atoms with van der Waals surface area (Å²) in [6.45, 7) is 16.0. The van der Waals surface area contributed by atoms with Gasteiger partial charge in [0.2, 0.25) is 0 Å². The number of rotatable bonds is 7. The van der Waals surface area contributed by atoms with Crippen LogP contribution in [-0.2, 0) is 0 Å². The van der Waals surface area contributed by atoms with E-state index in [4.69, 9.17) is 0 Å². The van der Waals surface area contributed by atoms with E-state index in [-0.39, 0.29) is 0 Å². The number of aryl methyl sites for hydroxylation is 1. The van der Waals surface area contributed by atoms with Crippen molar-refractivity contribution in [1.82, 2.24) is 0 Å². The van der Waals surface area contributed by atoms with Crippen molar-refractivity contribution in [2.75, 3.05) is 5.32 Å². The maximum atomic E-state index is 4.02. The van der Waals surface area contributed by atoms with Crippen LogP contribution in [0.2, 0.25) is 0 Å². The van der Waals surface area contributed by atoms with Crippen LogP contribution in [0, 0.1) is 18.9 Å². The maximum absolute atomic E-state index is 4.02. The summed E-state index contributed by atoms with van der Waals surface area (Å²) in [4.78, 5) is 4.02. The van der Waals surface area contributed by atoms with E-state index in [0.29, 0.717) is 0 Å². The average molecular weight is 455 g/mol. The van der Waals surface area contributed by atoms with Gasteiger partial charge in [0.05, 0.1) is 0 Å². The molecule has 2 nitrogen and oxygen atoms in total. The average Bonchev–Trinajstić information content (AvgIpc) is 2.80. The first kappa shape index (κ1) is 28.7. The molecule has 1 N–H and O–H groups in total. The molecule has 0 heterocycles. The second kappa shape index (κ2) is 17.2. The molecule has 1 aliphatic carbocycles. The Morgan fingerprint density at radius 1 is 1.03 bits per heavy atom. The van der Waals surface area contributed by atoms with Gasteiger partial charge >= 0.3 is 0 Å². The van der Waals surface area contributed by atoms with Crippen molar-refractivity contribution in [3.05, 3.63) is 102 Å². The monoisotopic (exact) mass is 454 g/mol. The Morgan fingerprint density at radius 3 is 2.15 bits per heavy atom. The molecule has 2 aromatic rings. The van der Waals surface area contributed by atoms with Crippen LogP contribution in [0.3, 0.4) is 0 Å². The van der Waals surface area contributed by atoms with Crippen LogP contribution in [0.15, 0.2) is 95.5 Å². The first-order chi connectivity index (χ1) is 16.4. The minimum absolute atomic E-state index is 0.779. The zero-order valence-electron chi connectivity index (χ0n) is 22.0. The predicted molar refractivity (Wildman–Crippen MR) is 152 cm³/mol. The summed E-state index contributed by atoms with van der Waals surface area (Å²) >= 11 is 0. The lowest BCUT2D eigenvalue weighted by atomic mass is 9.91. The molecule has 2 aromatic carbocycles. The molecule has 1 atom stereocenters. The normalized spacial score (nSPS) is 12.3. The van der Waals surface area contributed by atoms with E-state index < -0.39 is 0 Å². The molecule has 0 aliphatic heterocycles. The molecule has 0 amide bonds. The van der Waals surface area contributed by atoms with Gasteiger partial charge in [-0.1, -0.05) is 112 Å². The van der Waals surface area contributed by atoms with Crippen LogP contribution in [0.4, 0.5) is 5.69 Å². The highest BCUT2D eigenvalue weighted by Gasteiger charge is 2.07. The van der Waals surface area contributed by atoms with Gasteiger partial charge in [-0.3, -0.25) is 0 Å². The number of aliphatic imine (C=N–C) groups is 1. The molecule has 2 heteroatoms. The molecule has 3 rings (SSSR count). The fraction of sp³-hybridized carbons (Fsp3) is 0.344. The molecule has 34 heavy (non-hydrogen) atoms. The van der Waals surface area contributed by atoms with Crippen molar-refractivity contribution in [3.8, 4) is 12.0 Å². The standard InChI is InChI=1S/C13H20.C12H14N2.C7H8/c1-3-5-9-12(4-2)13-10-7-6-8-11-13;1-4-9-13-11(3)14-12-8-6-5-7-10(12)2;1-6(2)7-4-3-5-7/h6-8,10-12H,3-5,9H2,1-2H3;5-8H,1-3H3,(H,13,14);3-5H,1H2,2H3. The second-order valence-corrected chi connectivity index (χ2v) is 8.42. The molecule has 0 radical (unpaired) electrons. The highest BCUT2D eigenvalue weighted by molar-refractivity contribution is 5.94. The van der Waals surface area contributed by atoms with E-state index in [1.165, 1.54) is 42.4 Å². The Kier molecular flexibility index (Phi) is 14.5. The number of amidine groups is 1. The third kappa shape index (κ3) is 11.5. The summed E-state index contributed by atoms with van der Waals surface area (Å²) in [5, 5.41) is 3.19. The number of unbranched alkanes of at least 4 members (excludes halogenated alkanes) is 1. The van der Waals surface area contributed by atoms with Crippen molar-refractivity contribution in [1.29, 1.82) is 0 Å². The Bertz CT molecular complexity index is 1010. The number of hydrogen-bond acceptors (Lipinski definition) is 1. The van der Waals surface area contributed by atoms with Crippen molar-refractivity contribution >= 4 is 11.5 Å². The van der Waals surface area contributed by atoms with Gasteiger partial charge in [0.25, 0.3) is 0 Å². The van der Waals surface area contributed by atoms with Crippen molar-refractivity contribution in [3.63, 3.8) is 0 Å². The summed E-state index contributed by atoms with van der Waals surface area (Å²) in [5.74, 6) is 4.31. The Balaban J connectivity index is 0.000000268. The van der Waals surface area contributed by atoms with Gasteiger partial charge in [0, 0.05) is 11.7 Å². The SMILES string of the molecule is C=C(C)C1=CC=C1.CC#CN=C(C)Nc1ccccc1C.CCCCC(CC)c1ccccc1. The fourth-order valence-corrected chi connectivity index (χ4v) is 3.33. The third-order valence-corrected chi connectivity index (χ3v) is 5.51. The van der Waals surface area contributed by atoms with Gasteiger partial charge in [-0.25, -0.2) is 0 Å². The van der Waals surface area contributed by atoms with Crippen LogP contribution in [-0.4, -0.2) is 5.84 Å². The predicted octanol–water partition coefficient (Wildman–Crippen LogP) is 9.24. The van der Waals surface area contributed by atoms with Gasteiger partial charge in [-0.15, -0.1) is 0 Å². The number of anilines is 1. The summed E-state index contributed by atoms with van der Waals surface area (Å²) in [5.41, 5.74) is 6.22. The van der Waals surface area contributed by atoms with Crippen LogP contribution < -0.4 is 5.32 Å². The van der Waals surface area contributed by atoms with Crippen LogP contribution in [0.25, 0.3) is 0 Å². The number of allylic oxidation sites excluding steroid dienone is 5. The molecular weight excluding hydrogens is 412 g/mol. The summed E-state index contributed by atoms with van der Waals surface area (Å²) in [7, 11) is 0. The van der Waals surface area contributed by atoms with E-state index in [9.17, 15) is 0 Å². The Morgan fingerprint density at radius 2 is 1.68 bits per heavy atom. The highest BCUT2D eigenvalue weighted by atomic mass is 15.0. The number of nitrogens with zero attached hydrogens (tertiary/aromatic N) is 1. The minimum atomic E-state index is 0.779. The number of para-hydroxylation sites is 1. The van der Waals surface area contributed by atoms with E-state index in [1.807, 2.05) is 38.1 Å². The van der Waals surface area contributed by atoms with Gasteiger partial charge in [0.15, 0.2) is 0 Å². The molecule has 180 valence electrons. The summed E-state index contributed by atoms with van der Waals surface area (Å²) in [6, 6.07) is 21.6. The van der Waals surface area contributed by atoms with Crippen molar-refractivity contribution in [2.45, 2.75) is 73.1 Å². The molecule has 0 spiro atoms. The van der Waals surface area contributed by atoms with Crippen molar-refractivity contribution in [2.24, 2.45) is 4.99 Å². The molecule has 0 fully saturated rings. The molecule has 0 aromatic heterocycles. The van der Waals surface area contributed by atoms with E-state index in [2.05, 4.69) is 98.2 Å². The summed E-state index contributed by atoms with van der Waals surface area (Å²) < 4.78 is 0. The third-order valence-electron chi connectivity index (χ3n) is 5.51. The van der Waals surface area contributed by atoms with Gasteiger partial charge in [-0.2, -0.15) is 4.99 Å². The number of nitrogens with one attached hydrogen (secondary N) is 1. The smallest absolute Gasteiger partial charge is 0.114 e. The van der Waals surface area contributed by atoms with E-state index in [0.717, 1.165) is 23.0 Å². The minimum Gasteiger partial charge on any atom is -0.343 e. The van der Waals surface area contributed by atoms with Crippen LogP contribution in [0.5, 0.6) is 0 Å². The van der Waals surface area contributed by atoms with Crippen LogP contribution in [0.1, 0.15) is 77.3 Å². The first-order valence-electron chi connectivity index (χ1n) is 12.3. The topological polar surface area (TPSA) is 24.4 Å². The van der Waals surface area contributed by atoms with Gasteiger partial charge in [0.1, 0.15) is 5.84 Å². The number of hydrogen-bond donors (Lipinski definition) is 1. The van der Waals surface area contributed by atoms with Crippen molar-refractivity contribution < 1.29 is 0 Å². The number of benzene rings is 2. The lowest BCUT2D eigenvalue weighted by molar-refractivity contribution is 0.570. The largest absolute Gasteiger partial charge is 0.343 e. The molecule has 0 saturated heterocycles. The highest BCUT2D eigenvalue weighted by Crippen LogP contribution is 2.24. The molecule has 0 bridgehead atoms. The molecule has 1 unspecified atom stereocenters. The summed E-state index contributed by atoms with van der Waals surface area (Å²) in [6.07, 6.45) is 11.4. The Hall–Kier alpha value is -3.31. The zero-order valence-corrected chi connectivity index (χ0v) is 22.0. The lowest BCUT2D eigenvalue weighted by Gasteiger charge is -2.14. The lowest BCUT2D eigenvalue weighted by Crippen LogP contribution is -2.07. The maximum Gasteiger partial charge on any atom is 0.114 e. The molecular formula is C32H42N2. The van der Waals surface area contributed by atoms with E-state index in [1.54, 1.807) is 6.92 Å².